The van der Waals surface area contributed by atoms with Crippen molar-refractivity contribution in [3.63, 3.8) is 0 Å². The Morgan fingerprint density at radius 3 is 3.00 bits per heavy atom. The fourth-order valence-corrected chi connectivity index (χ4v) is 2.49. The van der Waals surface area contributed by atoms with E-state index in [0.717, 1.165) is 19.3 Å². The van der Waals surface area contributed by atoms with Gasteiger partial charge in [0.1, 0.15) is 5.60 Å². The number of hydrogen-bond donors (Lipinski definition) is 0. The van der Waals surface area contributed by atoms with Gasteiger partial charge in [-0.05, 0) is 19.3 Å². The third-order valence-corrected chi connectivity index (χ3v) is 3.28. The van der Waals surface area contributed by atoms with E-state index in [4.69, 9.17) is 20.0 Å². The van der Waals surface area contributed by atoms with Crippen LogP contribution in [0.4, 0.5) is 0 Å². The molecule has 0 aromatic carbocycles. The highest BCUT2D eigenvalue weighted by molar-refractivity contribution is 5.10. The molecule has 0 aromatic heterocycles. The minimum atomic E-state index is -0.366. The van der Waals surface area contributed by atoms with Crippen LogP contribution in [0.1, 0.15) is 25.7 Å². The number of nitrogens with zero attached hydrogens (tertiary/aromatic N) is 2. The van der Waals surface area contributed by atoms with Crippen LogP contribution in [-0.4, -0.2) is 24.9 Å². The molecule has 0 spiro atoms. The van der Waals surface area contributed by atoms with Gasteiger partial charge in [-0.15, -0.1) is 0 Å². The van der Waals surface area contributed by atoms with Crippen LogP contribution in [0.5, 0.6) is 0 Å². The van der Waals surface area contributed by atoms with Gasteiger partial charge in [0.25, 0.3) is 0 Å². The van der Waals surface area contributed by atoms with E-state index in [1.807, 2.05) is 6.07 Å². The minimum Gasteiger partial charge on any atom is -0.377 e. The van der Waals surface area contributed by atoms with E-state index in [1.165, 1.54) is 0 Å². The highest BCUT2D eigenvalue weighted by Gasteiger charge is 2.53. The summed E-state index contributed by atoms with van der Waals surface area (Å²) >= 11 is 0. The second kappa shape index (κ2) is 4.18. The SMILES string of the molecule is N#CCCOCC12CCC(CC1C#N)O2. The van der Waals surface area contributed by atoms with Crippen molar-refractivity contribution in [3.8, 4) is 12.1 Å². The van der Waals surface area contributed by atoms with Crippen molar-refractivity contribution in [1.29, 1.82) is 10.5 Å². The molecule has 0 saturated carbocycles. The zero-order chi connectivity index (χ0) is 10.7. The molecular formula is C11H14N2O2. The van der Waals surface area contributed by atoms with Gasteiger partial charge >= 0.3 is 0 Å². The van der Waals surface area contributed by atoms with Crippen molar-refractivity contribution in [2.45, 2.75) is 37.4 Å². The topological polar surface area (TPSA) is 66.0 Å². The number of ether oxygens (including phenoxy) is 2. The third kappa shape index (κ3) is 1.84. The van der Waals surface area contributed by atoms with Crippen molar-refractivity contribution in [2.75, 3.05) is 13.2 Å². The molecule has 2 heterocycles. The van der Waals surface area contributed by atoms with Crippen LogP contribution in [0.15, 0.2) is 0 Å². The lowest BCUT2D eigenvalue weighted by Gasteiger charge is -2.27. The Labute approximate surface area is 89.4 Å². The smallest absolute Gasteiger partial charge is 0.108 e. The van der Waals surface area contributed by atoms with Gasteiger partial charge < -0.3 is 9.47 Å². The average molecular weight is 206 g/mol. The quantitative estimate of drug-likeness (QED) is 0.652. The summed E-state index contributed by atoms with van der Waals surface area (Å²) in [6.45, 7) is 0.897. The van der Waals surface area contributed by atoms with Gasteiger partial charge in [0, 0.05) is 0 Å². The Kier molecular flexibility index (Phi) is 2.90. The second-order valence-corrected chi connectivity index (χ2v) is 4.22. The summed E-state index contributed by atoms with van der Waals surface area (Å²) in [7, 11) is 0. The Hall–Kier alpha value is -1.10. The molecule has 0 N–H and O–H groups in total. The molecule has 0 amide bonds. The van der Waals surface area contributed by atoms with Crippen LogP contribution >= 0.6 is 0 Å². The molecule has 2 fully saturated rings. The van der Waals surface area contributed by atoms with Crippen LogP contribution in [0, 0.1) is 28.6 Å². The highest BCUT2D eigenvalue weighted by Crippen LogP contribution is 2.47. The van der Waals surface area contributed by atoms with E-state index < -0.39 is 0 Å². The van der Waals surface area contributed by atoms with Gasteiger partial charge in [-0.3, -0.25) is 0 Å². The lowest BCUT2D eigenvalue weighted by molar-refractivity contribution is -0.0632. The zero-order valence-electron chi connectivity index (χ0n) is 8.61. The normalized spacial score (nSPS) is 37.5. The van der Waals surface area contributed by atoms with Gasteiger partial charge in [0.05, 0.1) is 43.8 Å². The van der Waals surface area contributed by atoms with Gasteiger partial charge in [-0.1, -0.05) is 0 Å². The fraction of sp³-hybridized carbons (Fsp3) is 0.818. The highest BCUT2D eigenvalue weighted by atomic mass is 16.6. The molecule has 0 radical (unpaired) electrons. The molecule has 2 aliphatic rings. The summed E-state index contributed by atoms with van der Waals surface area (Å²) in [6.07, 6.45) is 3.46. The van der Waals surface area contributed by atoms with Crippen LogP contribution in [0.3, 0.4) is 0 Å². The largest absolute Gasteiger partial charge is 0.377 e. The standard InChI is InChI=1S/C11H14N2O2/c12-4-1-5-14-8-11-3-2-10(15-11)6-9(11)7-13/h9-10H,1-3,5-6,8H2. The van der Waals surface area contributed by atoms with Crippen molar-refractivity contribution in [1.82, 2.24) is 0 Å². The van der Waals surface area contributed by atoms with Crippen LogP contribution in [0.2, 0.25) is 0 Å². The van der Waals surface area contributed by atoms with Gasteiger partial charge in [0.2, 0.25) is 0 Å². The lowest BCUT2D eigenvalue weighted by atomic mass is 9.80. The Bertz CT molecular complexity index is 318. The Morgan fingerprint density at radius 1 is 1.47 bits per heavy atom. The molecule has 2 rings (SSSR count). The fourth-order valence-electron chi connectivity index (χ4n) is 2.49. The van der Waals surface area contributed by atoms with E-state index in [1.54, 1.807) is 0 Å². The molecule has 3 atom stereocenters. The monoisotopic (exact) mass is 206 g/mol. The molecule has 2 aliphatic heterocycles. The van der Waals surface area contributed by atoms with E-state index in [0.29, 0.717) is 19.6 Å². The van der Waals surface area contributed by atoms with Gasteiger partial charge in [-0.2, -0.15) is 10.5 Å². The molecule has 4 nitrogen and oxygen atoms in total. The number of nitriles is 2. The third-order valence-electron chi connectivity index (χ3n) is 3.28. The molecule has 2 saturated heterocycles. The summed E-state index contributed by atoms with van der Waals surface area (Å²) < 4.78 is 11.2. The lowest BCUT2D eigenvalue weighted by Crippen LogP contribution is -2.38. The van der Waals surface area contributed by atoms with Gasteiger partial charge in [0.15, 0.2) is 0 Å². The number of rotatable bonds is 4. The molecule has 0 aliphatic carbocycles. The van der Waals surface area contributed by atoms with Crippen molar-refractivity contribution < 1.29 is 9.47 Å². The van der Waals surface area contributed by atoms with E-state index >= 15 is 0 Å². The summed E-state index contributed by atoms with van der Waals surface area (Å²) in [5.41, 5.74) is -0.366. The Balaban J connectivity index is 1.89. The first kappa shape index (κ1) is 10.4. The maximum absolute atomic E-state index is 9.02. The Morgan fingerprint density at radius 2 is 2.33 bits per heavy atom. The minimum absolute atomic E-state index is 0.0293. The average Bonchev–Trinajstić information content (AvgIpc) is 2.81. The first-order valence-corrected chi connectivity index (χ1v) is 5.33. The van der Waals surface area contributed by atoms with Crippen molar-refractivity contribution in [2.24, 2.45) is 5.92 Å². The molecule has 4 heteroatoms. The summed E-state index contributed by atoms with van der Waals surface area (Å²) in [4.78, 5) is 0. The van der Waals surface area contributed by atoms with Crippen LogP contribution in [-0.2, 0) is 9.47 Å². The molecule has 0 aromatic rings. The molecule has 80 valence electrons. The van der Waals surface area contributed by atoms with E-state index in [-0.39, 0.29) is 17.6 Å². The van der Waals surface area contributed by atoms with Crippen LogP contribution < -0.4 is 0 Å². The summed E-state index contributed by atoms with van der Waals surface area (Å²) in [6, 6.07) is 4.34. The zero-order valence-corrected chi connectivity index (χ0v) is 8.61. The molecule has 2 bridgehead atoms. The molecule has 3 unspecified atom stereocenters. The first-order valence-electron chi connectivity index (χ1n) is 5.33. The predicted octanol–water partition coefficient (Wildman–Crippen LogP) is 1.38. The molecule has 15 heavy (non-hydrogen) atoms. The number of fused-ring (bicyclic) bond motifs is 2. The van der Waals surface area contributed by atoms with Crippen LogP contribution in [0.25, 0.3) is 0 Å². The first-order chi connectivity index (χ1) is 7.30. The maximum Gasteiger partial charge on any atom is 0.108 e. The predicted molar refractivity (Wildman–Crippen MR) is 51.6 cm³/mol. The summed E-state index contributed by atoms with van der Waals surface area (Å²) in [5.74, 6) is -0.0293. The maximum atomic E-state index is 9.02. The van der Waals surface area contributed by atoms with Crippen molar-refractivity contribution >= 4 is 0 Å². The van der Waals surface area contributed by atoms with E-state index in [2.05, 4.69) is 6.07 Å². The number of hydrogen-bond acceptors (Lipinski definition) is 4. The molecular weight excluding hydrogens is 192 g/mol. The van der Waals surface area contributed by atoms with Crippen molar-refractivity contribution in [3.05, 3.63) is 0 Å². The van der Waals surface area contributed by atoms with E-state index in [9.17, 15) is 0 Å². The van der Waals surface area contributed by atoms with Gasteiger partial charge in [-0.25, -0.2) is 0 Å². The second-order valence-electron chi connectivity index (χ2n) is 4.22. The summed E-state index contributed by atoms with van der Waals surface area (Å²) in [5, 5.41) is 17.4.